The van der Waals surface area contributed by atoms with Gasteiger partial charge in [-0.2, -0.15) is 0 Å². The molecular formula is C13H16BrNO3. The second-order valence-electron chi connectivity index (χ2n) is 4.75. The first-order chi connectivity index (χ1) is 8.49. The Hall–Kier alpha value is -1.07. The van der Waals surface area contributed by atoms with Crippen molar-refractivity contribution in [2.24, 2.45) is 5.92 Å². The van der Waals surface area contributed by atoms with Gasteiger partial charge in [0.1, 0.15) is 5.75 Å². The van der Waals surface area contributed by atoms with Gasteiger partial charge in [0.25, 0.3) is 5.91 Å². The van der Waals surface area contributed by atoms with Crippen molar-refractivity contribution in [2.45, 2.75) is 19.4 Å². The zero-order valence-electron chi connectivity index (χ0n) is 10.1. The maximum absolute atomic E-state index is 12.2. The summed E-state index contributed by atoms with van der Waals surface area (Å²) in [5.74, 6) is 0.0502. The topological polar surface area (TPSA) is 60.8 Å². The molecule has 4 nitrogen and oxygen atoms in total. The van der Waals surface area contributed by atoms with Gasteiger partial charge < -0.3 is 15.1 Å². The monoisotopic (exact) mass is 313 g/mol. The van der Waals surface area contributed by atoms with Crippen molar-refractivity contribution in [3.63, 3.8) is 0 Å². The molecule has 2 unspecified atom stereocenters. The number of aliphatic hydroxyl groups excluding tert-OH is 1. The van der Waals surface area contributed by atoms with E-state index in [0.29, 0.717) is 29.5 Å². The highest BCUT2D eigenvalue weighted by Crippen LogP contribution is 2.26. The van der Waals surface area contributed by atoms with Gasteiger partial charge in [-0.25, -0.2) is 0 Å². The molecule has 2 atom stereocenters. The number of phenolic OH excluding ortho intramolecular Hbond substituents is 1. The molecule has 0 bridgehead atoms. The largest absolute Gasteiger partial charge is 0.507 e. The fourth-order valence-corrected chi connectivity index (χ4v) is 2.39. The summed E-state index contributed by atoms with van der Waals surface area (Å²) >= 11 is 3.18. The van der Waals surface area contributed by atoms with Gasteiger partial charge in [-0.15, -0.1) is 0 Å². The third-order valence-electron chi connectivity index (χ3n) is 3.34. The van der Waals surface area contributed by atoms with Crippen LogP contribution < -0.4 is 0 Å². The van der Waals surface area contributed by atoms with Crippen LogP contribution in [-0.2, 0) is 0 Å². The predicted molar refractivity (Wildman–Crippen MR) is 71.5 cm³/mol. The Morgan fingerprint density at radius 2 is 2.22 bits per heavy atom. The quantitative estimate of drug-likeness (QED) is 0.833. The Labute approximate surface area is 114 Å². The second kappa shape index (κ2) is 5.28. The van der Waals surface area contributed by atoms with Gasteiger partial charge in [0.2, 0.25) is 0 Å². The number of aliphatic hydroxyl groups is 1. The number of rotatable bonds is 1. The second-order valence-corrected chi connectivity index (χ2v) is 5.61. The normalized spacial score (nSPS) is 24.1. The van der Waals surface area contributed by atoms with Gasteiger partial charge in [-0.05, 0) is 46.5 Å². The number of carbonyl (C=O) groups excluding carboxylic acids is 1. The van der Waals surface area contributed by atoms with Gasteiger partial charge in [-0.3, -0.25) is 4.79 Å². The molecule has 0 saturated carbocycles. The number of hydrogen-bond acceptors (Lipinski definition) is 3. The molecule has 2 rings (SSSR count). The molecule has 1 amide bonds. The lowest BCUT2D eigenvalue weighted by Crippen LogP contribution is -2.44. The van der Waals surface area contributed by atoms with E-state index >= 15 is 0 Å². The number of benzene rings is 1. The van der Waals surface area contributed by atoms with Crippen molar-refractivity contribution in [1.29, 1.82) is 0 Å². The number of nitrogens with zero attached hydrogens (tertiary/aromatic N) is 1. The molecule has 1 fully saturated rings. The van der Waals surface area contributed by atoms with E-state index in [1.807, 2.05) is 6.92 Å². The summed E-state index contributed by atoms with van der Waals surface area (Å²) < 4.78 is 0.571. The van der Waals surface area contributed by atoms with Crippen LogP contribution in [0.2, 0.25) is 0 Å². The molecule has 0 radical (unpaired) electrons. The Morgan fingerprint density at radius 3 is 2.83 bits per heavy atom. The van der Waals surface area contributed by atoms with Crippen LogP contribution in [0.4, 0.5) is 0 Å². The molecule has 98 valence electrons. The summed E-state index contributed by atoms with van der Waals surface area (Å²) in [4.78, 5) is 14.0. The molecule has 1 heterocycles. The van der Waals surface area contributed by atoms with Crippen LogP contribution in [0.25, 0.3) is 0 Å². The molecular weight excluding hydrogens is 298 g/mol. The molecule has 1 aromatic carbocycles. The van der Waals surface area contributed by atoms with Crippen molar-refractivity contribution in [3.8, 4) is 5.75 Å². The summed E-state index contributed by atoms with van der Waals surface area (Å²) in [6, 6.07) is 4.80. The molecule has 18 heavy (non-hydrogen) atoms. The van der Waals surface area contributed by atoms with Crippen LogP contribution in [0, 0.1) is 5.92 Å². The van der Waals surface area contributed by atoms with Gasteiger partial charge in [0.05, 0.1) is 10.6 Å². The van der Waals surface area contributed by atoms with E-state index in [-0.39, 0.29) is 23.7 Å². The zero-order valence-corrected chi connectivity index (χ0v) is 11.7. The van der Waals surface area contributed by atoms with Gasteiger partial charge in [-0.1, -0.05) is 6.92 Å². The van der Waals surface area contributed by atoms with Crippen molar-refractivity contribution in [2.75, 3.05) is 13.1 Å². The van der Waals surface area contributed by atoms with E-state index in [4.69, 9.17) is 0 Å². The minimum atomic E-state index is -0.327. The van der Waals surface area contributed by atoms with Crippen molar-refractivity contribution < 1.29 is 15.0 Å². The van der Waals surface area contributed by atoms with E-state index in [9.17, 15) is 15.0 Å². The molecule has 0 spiro atoms. The standard InChI is InChI=1S/C13H16BrNO3/c1-8-7-15(5-4-11(8)16)13(18)9-2-3-10(14)12(17)6-9/h2-3,6,8,11,16-17H,4-5,7H2,1H3. The highest BCUT2D eigenvalue weighted by atomic mass is 79.9. The molecule has 5 heteroatoms. The van der Waals surface area contributed by atoms with Gasteiger partial charge in [0, 0.05) is 18.7 Å². The maximum atomic E-state index is 12.2. The predicted octanol–water partition coefficient (Wildman–Crippen LogP) is 2.00. The Bertz CT molecular complexity index is 464. The minimum Gasteiger partial charge on any atom is -0.507 e. The van der Waals surface area contributed by atoms with Crippen molar-refractivity contribution in [3.05, 3.63) is 28.2 Å². The number of carbonyl (C=O) groups is 1. The summed E-state index contributed by atoms with van der Waals surface area (Å²) in [7, 11) is 0. The number of likely N-dealkylation sites (tertiary alicyclic amines) is 1. The first kappa shape index (κ1) is 13.4. The molecule has 0 aromatic heterocycles. The Morgan fingerprint density at radius 1 is 1.50 bits per heavy atom. The summed E-state index contributed by atoms with van der Waals surface area (Å²) in [6.07, 6.45) is 0.280. The first-order valence-corrected chi connectivity index (χ1v) is 6.74. The number of piperidine rings is 1. The number of hydrogen-bond donors (Lipinski definition) is 2. The Balaban J connectivity index is 2.14. The smallest absolute Gasteiger partial charge is 0.254 e. The van der Waals surface area contributed by atoms with Gasteiger partial charge >= 0.3 is 0 Å². The Kier molecular flexibility index (Phi) is 3.92. The van der Waals surface area contributed by atoms with E-state index in [0.717, 1.165) is 0 Å². The average Bonchev–Trinajstić information content (AvgIpc) is 2.35. The van der Waals surface area contributed by atoms with E-state index in [1.54, 1.807) is 17.0 Å². The third-order valence-corrected chi connectivity index (χ3v) is 4.01. The highest BCUT2D eigenvalue weighted by molar-refractivity contribution is 9.10. The lowest BCUT2D eigenvalue weighted by atomic mass is 9.96. The highest BCUT2D eigenvalue weighted by Gasteiger charge is 2.27. The fourth-order valence-electron chi connectivity index (χ4n) is 2.15. The molecule has 0 aliphatic carbocycles. The van der Waals surface area contributed by atoms with Crippen LogP contribution in [0.3, 0.4) is 0 Å². The van der Waals surface area contributed by atoms with Crippen molar-refractivity contribution in [1.82, 2.24) is 4.90 Å². The van der Waals surface area contributed by atoms with Crippen LogP contribution in [0.15, 0.2) is 22.7 Å². The fraction of sp³-hybridized carbons (Fsp3) is 0.462. The summed E-state index contributed by atoms with van der Waals surface area (Å²) in [5, 5.41) is 19.2. The van der Waals surface area contributed by atoms with Gasteiger partial charge in [0.15, 0.2) is 0 Å². The lowest BCUT2D eigenvalue weighted by Gasteiger charge is -2.34. The van der Waals surface area contributed by atoms with Crippen LogP contribution >= 0.6 is 15.9 Å². The molecule has 1 saturated heterocycles. The molecule has 2 N–H and O–H groups in total. The summed E-state index contributed by atoms with van der Waals surface area (Å²) in [6.45, 7) is 3.04. The van der Waals surface area contributed by atoms with Crippen LogP contribution in [0.5, 0.6) is 5.75 Å². The first-order valence-electron chi connectivity index (χ1n) is 5.95. The summed E-state index contributed by atoms with van der Waals surface area (Å²) in [5.41, 5.74) is 0.472. The zero-order chi connectivity index (χ0) is 13.3. The molecule has 1 aliphatic rings. The lowest BCUT2D eigenvalue weighted by molar-refractivity contribution is 0.0297. The number of phenols is 1. The third kappa shape index (κ3) is 2.67. The number of halogens is 1. The number of aromatic hydroxyl groups is 1. The maximum Gasteiger partial charge on any atom is 0.254 e. The van der Waals surface area contributed by atoms with E-state index in [1.165, 1.54) is 6.07 Å². The molecule has 1 aromatic rings. The number of amides is 1. The minimum absolute atomic E-state index is 0.0611. The SMILES string of the molecule is CC1CN(C(=O)c2ccc(Br)c(O)c2)CCC1O. The van der Waals surface area contributed by atoms with Crippen LogP contribution in [-0.4, -0.2) is 40.2 Å². The van der Waals surface area contributed by atoms with E-state index < -0.39 is 0 Å². The van der Waals surface area contributed by atoms with Crippen LogP contribution in [0.1, 0.15) is 23.7 Å². The molecule has 1 aliphatic heterocycles. The van der Waals surface area contributed by atoms with E-state index in [2.05, 4.69) is 15.9 Å². The average molecular weight is 314 g/mol. The van der Waals surface area contributed by atoms with Crippen molar-refractivity contribution >= 4 is 21.8 Å².